The van der Waals surface area contributed by atoms with E-state index in [1.807, 2.05) is 18.2 Å². The van der Waals surface area contributed by atoms with E-state index in [0.717, 1.165) is 18.0 Å². The van der Waals surface area contributed by atoms with Gasteiger partial charge in [-0.3, -0.25) is 4.90 Å². The Kier molecular flexibility index (Phi) is 5.26. The molecule has 1 aromatic carbocycles. The van der Waals surface area contributed by atoms with Gasteiger partial charge in [-0.2, -0.15) is 0 Å². The lowest BCUT2D eigenvalue weighted by Gasteiger charge is -2.32. The number of halogens is 1. The summed E-state index contributed by atoms with van der Waals surface area (Å²) in [6.07, 6.45) is 0.960. The van der Waals surface area contributed by atoms with Crippen LogP contribution in [0.1, 0.15) is 31.9 Å². The van der Waals surface area contributed by atoms with E-state index >= 15 is 0 Å². The van der Waals surface area contributed by atoms with Gasteiger partial charge in [-0.25, -0.2) is 0 Å². The third-order valence-electron chi connectivity index (χ3n) is 3.04. The van der Waals surface area contributed by atoms with Crippen molar-refractivity contribution in [1.82, 2.24) is 4.90 Å². The molecule has 0 spiro atoms. The van der Waals surface area contributed by atoms with Gasteiger partial charge >= 0.3 is 0 Å². The Labute approximate surface area is 103 Å². The molecule has 0 aromatic heterocycles. The minimum atomic E-state index is 0.142. The van der Waals surface area contributed by atoms with Gasteiger partial charge in [0.2, 0.25) is 0 Å². The lowest BCUT2D eigenvalue weighted by Crippen LogP contribution is -2.38. The van der Waals surface area contributed by atoms with Gasteiger partial charge in [-0.1, -0.05) is 37.6 Å². The van der Waals surface area contributed by atoms with Gasteiger partial charge in [-0.05, 0) is 37.7 Å². The average molecular weight is 241 g/mol. The predicted octanol–water partition coefficient (Wildman–Crippen LogP) is 3.07. The number of nitrogens with two attached hydrogens (primary N) is 1. The summed E-state index contributed by atoms with van der Waals surface area (Å²) in [6.45, 7) is 5.23. The van der Waals surface area contributed by atoms with Crippen LogP contribution < -0.4 is 5.73 Å². The van der Waals surface area contributed by atoms with E-state index in [2.05, 4.69) is 31.9 Å². The molecule has 2 N–H and O–H groups in total. The molecule has 3 heteroatoms. The Hall–Kier alpha value is -0.570. The SMILES string of the molecule is CCC(N)C(c1cccc(Cl)c1)N(C)CC. The molecule has 2 unspecified atom stereocenters. The molecule has 1 rings (SSSR count). The molecule has 90 valence electrons. The molecule has 0 bridgehead atoms. The largest absolute Gasteiger partial charge is 0.326 e. The van der Waals surface area contributed by atoms with Crippen LogP contribution in [0, 0.1) is 0 Å². The summed E-state index contributed by atoms with van der Waals surface area (Å²) in [6, 6.07) is 8.37. The van der Waals surface area contributed by atoms with Gasteiger partial charge in [0.05, 0.1) is 0 Å². The van der Waals surface area contributed by atoms with Gasteiger partial charge in [0, 0.05) is 17.1 Å². The van der Waals surface area contributed by atoms with Crippen LogP contribution in [0.4, 0.5) is 0 Å². The van der Waals surface area contributed by atoms with Crippen LogP contribution >= 0.6 is 11.6 Å². The first-order valence-electron chi connectivity index (χ1n) is 5.81. The maximum atomic E-state index is 6.19. The number of benzene rings is 1. The highest BCUT2D eigenvalue weighted by Crippen LogP contribution is 2.25. The minimum Gasteiger partial charge on any atom is -0.326 e. The second kappa shape index (κ2) is 6.24. The highest BCUT2D eigenvalue weighted by molar-refractivity contribution is 6.30. The van der Waals surface area contributed by atoms with Crippen LogP contribution in [0.2, 0.25) is 5.02 Å². The number of hydrogen-bond acceptors (Lipinski definition) is 2. The zero-order valence-corrected chi connectivity index (χ0v) is 11.0. The Morgan fingerprint density at radius 2 is 2.06 bits per heavy atom. The average Bonchev–Trinajstić information content (AvgIpc) is 2.29. The fourth-order valence-electron chi connectivity index (χ4n) is 1.94. The van der Waals surface area contributed by atoms with Crippen molar-refractivity contribution in [3.05, 3.63) is 34.9 Å². The summed E-state index contributed by atoms with van der Waals surface area (Å²) in [5.41, 5.74) is 7.39. The molecule has 0 saturated heterocycles. The first-order valence-corrected chi connectivity index (χ1v) is 6.19. The van der Waals surface area contributed by atoms with Crippen molar-refractivity contribution in [3.63, 3.8) is 0 Å². The summed E-state index contributed by atoms with van der Waals surface area (Å²) >= 11 is 6.03. The number of hydrogen-bond donors (Lipinski definition) is 1. The Bertz CT molecular complexity index is 317. The molecule has 0 heterocycles. The van der Waals surface area contributed by atoms with Crippen molar-refractivity contribution in [2.45, 2.75) is 32.4 Å². The van der Waals surface area contributed by atoms with Crippen LogP contribution in [0.5, 0.6) is 0 Å². The van der Waals surface area contributed by atoms with Gasteiger partial charge in [0.25, 0.3) is 0 Å². The Morgan fingerprint density at radius 3 is 2.56 bits per heavy atom. The normalized spacial score (nSPS) is 15.1. The third kappa shape index (κ3) is 3.21. The topological polar surface area (TPSA) is 29.3 Å². The van der Waals surface area contributed by atoms with Gasteiger partial charge in [-0.15, -0.1) is 0 Å². The highest BCUT2D eigenvalue weighted by atomic mass is 35.5. The molecule has 0 aliphatic carbocycles. The van der Waals surface area contributed by atoms with Crippen LogP contribution in [-0.4, -0.2) is 24.5 Å². The number of rotatable bonds is 5. The minimum absolute atomic E-state index is 0.142. The van der Waals surface area contributed by atoms with E-state index < -0.39 is 0 Å². The molecule has 0 amide bonds. The summed E-state index contributed by atoms with van der Waals surface area (Å²) in [7, 11) is 2.10. The molecule has 16 heavy (non-hydrogen) atoms. The molecule has 0 fully saturated rings. The van der Waals surface area contributed by atoms with Crippen LogP contribution in [-0.2, 0) is 0 Å². The molecule has 0 aliphatic rings. The van der Waals surface area contributed by atoms with E-state index in [1.165, 1.54) is 5.56 Å². The van der Waals surface area contributed by atoms with E-state index in [4.69, 9.17) is 17.3 Å². The monoisotopic (exact) mass is 240 g/mol. The zero-order chi connectivity index (χ0) is 12.1. The molecule has 0 saturated carbocycles. The maximum absolute atomic E-state index is 6.19. The van der Waals surface area contributed by atoms with E-state index in [0.29, 0.717) is 0 Å². The van der Waals surface area contributed by atoms with E-state index in [9.17, 15) is 0 Å². The second-order valence-electron chi connectivity index (χ2n) is 4.15. The predicted molar refractivity (Wildman–Crippen MR) is 70.8 cm³/mol. The Balaban J connectivity index is 3.00. The molecule has 2 atom stereocenters. The van der Waals surface area contributed by atoms with Crippen LogP contribution in [0.25, 0.3) is 0 Å². The Morgan fingerprint density at radius 1 is 1.38 bits per heavy atom. The molecule has 0 radical (unpaired) electrons. The summed E-state index contributed by atoms with van der Waals surface area (Å²) in [4.78, 5) is 2.26. The molecule has 1 aromatic rings. The van der Waals surface area contributed by atoms with Crippen molar-refractivity contribution in [2.75, 3.05) is 13.6 Å². The van der Waals surface area contributed by atoms with E-state index in [1.54, 1.807) is 0 Å². The fraction of sp³-hybridized carbons (Fsp3) is 0.538. The summed E-state index contributed by atoms with van der Waals surface area (Å²) < 4.78 is 0. The van der Waals surface area contributed by atoms with Crippen LogP contribution in [0.3, 0.4) is 0 Å². The van der Waals surface area contributed by atoms with Gasteiger partial charge < -0.3 is 5.73 Å². The molecule has 0 aliphatic heterocycles. The smallest absolute Gasteiger partial charge is 0.0496 e. The quantitative estimate of drug-likeness (QED) is 0.857. The first kappa shape index (κ1) is 13.5. The van der Waals surface area contributed by atoms with Crippen molar-refractivity contribution in [2.24, 2.45) is 5.73 Å². The van der Waals surface area contributed by atoms with Crippen molar-refractivity contribution in [1.29, 1.82) is 0 Å². The lowest BCUT2D eigenvalue weighted by atomic mass is 9.97. The molecular formula is C13H21ClN2. The number of likely N-dealkylation sites (N-methyl/N-ethyl adjacent to an activating group) is 1. The summed E-state index contributed by atoms with van der Waals surface area (Å²) in [5, 5.41) is 0.773. The molecular weight excluding hydrogens is 220 g/mol. The maximum Gasteiger partial charge on any atom is 0.0496 e. The highest BCUT2D eigenvalue weighted by Gasteiger charge is 2.21. The van der Waals surface area contributed by atoms with Gasteiger partial charge in [0.1, 0.15) is 0 Å². The molecule has 2 nitrogen and oxygen atoms in total. The zero-order valence-electron chi connectivity index (χ0n) is 10.3. The number of nitrogens with zero attached hydrogens (tertiary/aromatic N) is 1. The van der Waals surface area contributed by atoms with Gasteiger partial charge in [0.15, 0.2) is 0 Å². The van der Waals surface area contributed by atoms with Crippen molar-refractivity contribution < 1.29 is 0 Å². The second-order valence-corrected chi connectivity index (χ2v) is 4.58. The van der Waals surface area contributed by atoms with Crippen LogP contribution in [0.15, 0.2) is 24.3 Å². The fourth-order valence-corrected chi connectivity index (χ4v) is 2.14. The third-order valence-corrected chi connectivity index (χ3v) is 3.28. The van der Waals surface area contributed by atoms with E-state index in [-0.39, 0.29) is 12.1 Å². The standard InChI is InChI=1S/C13H21ClN2/c1-4-12(15)13(16(3)5-2)10-7-6-8-11(14)9-10/h6-9,12-13H,4-5,15H2,1-3H3. The van der Waals surface area contributed by atoms with Crippen molar-refractivity contribution >= 4 is 11.6 Å². The van der Waals surface area contributed by atoms with Crippen molar-refractivity contribution in [3.8, 4) is 0 Å². The first-order chi connectivity index (χ1) is 7.60. The summed E-state index contributed by atoms with van der Waals surface area (Å²) in [5.74, 6) is 0. The lowest BCUT2D eigenvalue weighted by molar-refractivity contribution is 0.220.